The third-order valence-electron chi connectivity index (χ3n) is 4.46. The van der Waals surface area contributed by atoms with E-state index in [1.165, 1.54) is 11.6 Å². The lowest BCUT2D eigenvalue weighted by Gasteiger charge is -2.21. The fourth-order valence-electron chi connectivity index (χ4n) is 3.11. The highest BCUT2D eigenvalue weighted by Crippen LogP contribution is 2.27. The Hall–Kier alpha value is -2.97. The van der Waals surface area contributed by atoms with Crippen LogP contribution in [-0.2, 0) is 11.8 Å². The maximum Gasteiger partial charge on any atom is 0.343 e. The van der Waals surface area contributed by atoms with Crippen LogP contribution in [0.5, 0.6) is 0 Å². The average molecular weight is 345 g/mol. The second kappa shape index (κ2) is 6.50. The summed E-state index contributed by atoms with van der Waals surface area (Å²) in [5.74, 6) is -0.531. The predicted octanol–water partition coefficient (Wildman–Crippen LogP) is 0.889. The second-order valence-electron chi connectivity index (χ2n) is 6.13. The average Bonchev–Trinajstić information content (AvgIpc) is 3.24. The minimum absolute atomic E-state index is 0.0196. The lowest BCUT2D eigenvalue weighted by atomic mass is 10.2. The van der Waals surface area contributed by atoms with Gasteiger partial charge in [0.2, 0.25) is 5.91 Å². The Balaban J connectivity index is 1.64. The molecule has 132 valence electrons. The van der Waals surface area contributed by atoms with E-state index in [1.54, 1.807) is 15.9 Å². The molecule has 0 aliphatic carbocycles. The second-order valence-corrected chi connectivity index (χ2v) is 6.13. The van der Waals surface area contributed by atoms with Gasteiger partial charge in [0.25, 0.3) is 5.82 Å². The Morgan fingerprint density at radius 2 is 1.84 bits per heavy atom. The number of rotatable bonds is 4. The van der Waals surface area contributed by atoms with E-state index in [0.717, 1.165) is 23.8 Å². The molecule has 0 N–H and O–H groups in total. The lowest BCUT2D eigenvalue weighted by molar-refractivity contribution is -0.391. The first-order valence-corrected chi connectivity index (χ1v) is 8.03. The number of nitrogens with zero attached hydrogens (tertiary/aromatic N) is 5. The molecule has 0 fully saturated rings. The van der Waals surface area contributed by atoms with E-state index in [-0.39, 0.29) is 23.5 Å². The largest absolute Gasteiger partial charge is 0.358 e. The fourth-order valence-corrected chi connectivity index (χ4v) is 3.11. The monoisotopic (exact) mass is 345 g/mol. The fraction of sp³-hybridized carbons (Fsp3) is 0.438. The first-order valence-electron chi connectivity index (χ1n) is 8.03. The molecule has 2 aliphatic heterocycles. The zero-order valence-electron chi connectivity index (χ0n) is 14.1. The first kappa shape index (κ1) is 16.9. The zero-order chi connectivity index (χ0) is 18.1. The van der Waals surface area contributed by atoms with Crippen molar-refractivity contribution >= 4 is 17.6 Å². The molecule has 0 saturated heterocycles. The molecule has 25 heavy (non-hydrogen) atoms. The third-order valence-corrected chi connectivity index (χ3v) is 4.46. The van der Waals surface area contributed by atoms with Gasteiger partial charge in [-0.3, -0.25) is 9.59 Å². The van der Waals surface area contributed by atoms with E-state index in [9.17, 15) is 19.7 Å². The summed E-state index contributed by atoms with van der Waals surface area (Å²) in [6.07, 6.45) is 5.31. The number of nitro groups is 1. The molecule has 0 bridgehead atoms. The number of imidazole rings is 1. The van der Waals surface area contributed by atoms with Gasteiger partial charge in [0, 0.05) is 26.2 Å². The van der Waals surface area contributed by atoms with Gasteiger partial charge in [-0.05, 0) is 28.6 Å². The van der Waals surface area contributed by atoms with Crippen LogP contribution in [0.25, 0.3) is 0 Å². The molecule has 0 unspecified atom stereocenters. The van der Waals surface area contributed by atoms with Crippen molar-refractivity contribution in [3.05, 3.63) is 45.4 Å². The summed E-state index contributed by atoms with van der Waals surface area (Å²) in [7, 11) is 1.45. The van der Waals surface area contributed by atoms with Crippen molar-refractivity contribution in [3.8, 4) is 0 Å². The molecule has 0 aromatic carbocycles. The van der Waals surface area contributed by atoms with Crippen LogP contribution < -0.4 is 0 Å². The molecule has 2 aliphatic rings. The van der Waals surface area contributed by atoms with E-state index >= 15 is 0 Å². The number of carbonyl (C=O) groups is 2. The summed E-state index contributed by atoms with van der Waals surface area (Å²) in [4.78, 5) is 42.2. The van der Waals surface area contributed by atoms with Crippen LogP contribution in [0, 0.1) is 10.1 Å². The number of aromatic nitrogens is 2. The maximum absolute atomic E-state index is 12.6. The summed E-state index contributed by atoms with van der Waals surface area (Å²) in [6, 6.07) is 0. The van der Waals surface area contributed by atoms with Gasteiger partial charge < -0.3 is 19.9 Å². The van der Waals surface area contributed by atoms with Crippen LogP contribution in [0.3, 0.4) is 0 Å². The quantitative estimate of drug-likeness (QED) is 0.349. The van der Waals surface area contributed by atoms with Crippen molar-refractivity contribution in [2.24, 2.45) is 7.05 Å². The summed E-state index contributed by atoms with van der Waals surface area (Å²) in [6.45, 7) is 3.86. The molecule has 1 aromatic heterocycles. The highest BCUT2D eigenvalue weighted by atomic mass is 16.6. The van der Waals surface area contributed by atoms with Crippen molar-refractivity contribution < 1.29 is 14.5 Å². The Kier molecular flexibility index (Phi) is 4.39. The van der Waals surface area contributed by atoms with Crippen LogP contribution in [-0.4, -0.2) is 62.3 Å². The number of hydrogen-bond donors (Lipinski definition) is 0. The Morgan fingerprint density at radius 1 is 1.24 bits per heavy atom. The molecule has 0 saturated carbocycles. The Morgan fingerprint density at radius 3 is 2.36 bits per heavy atom. The van der Waals surface area contributed by atoms with E-state index in [4.69, 9.17) is 0 Å². The SMILES string of the molecule is CC/C=C/C(=O)N1CC2=C(C1)CN(C(=O)c1ncc([N+](=O)[O-])n1C)C2. The van der Waals surface area contributed by atoms with Crippen LogP contribution in [0.2, 0.25) is 0 Å². The molecule has 0 spiro atoms. The number of hydrogen-bond acceptors (Lipinski definition) is 5. The summed E-state index contributed by atoms with van der Waals surface area (Å²) < 4.78 is 1.19. The van der Waals surface area contributed by atoms with E-state index in [2.05, 4.69) is 4.98 Å². The first-order chi connectivity index (χ1) is 11.9. The van der Waals surface area contributed by atoms with Gasteiger partial charge in [-0.25, -0.2) is 9.55 Å². The van der Waals surface area contributed by atoms with Crippen LogP contribution in [0.1, 0.15) is 24.0 Å². The molecule has 0 radical (unpaired) electrons. The van der Waals surface area contributed by atoms with Crippen LogP contribution in [0.4, 0.5) is 5.82 Å². The van der Waals surface area contributed by atoms with Gasteiger partial charge in [-0.2, -0.15) is 0 Å². The Bertz CT molecular complexity index is 789. The van der Waals surface area contributed by atoms with E-state index < -0.39 is 4.92 Å². The van der Waals surface area contributed by atoms with Gasteiger partial charge in [-0.15, -0.1) is 0 Å². The molecule has 0 atom stereocenters. The number of carbonyl (C=O) groups excluding carboxylic acids is 2. The minimum Gasteiger partial charge on any atom is -0.358 e. The summed E-state index contributed by atoms with van der Waals surface area (Å²) >= 11 is 0. The molecule has 1 aromatic rings. The maximum atomic E-state index is 12.6. The lowest BCUT2D eigenvalue weighted by Crippen LogP contribution is -2.36. The molecule has 2 amide bonds. The van der Waals surface area contributed by atoms with Crippen LogP contribution in [0.15, 0.2) is 29.5 Å². The van der Waals surface area contributed by atoms with Crippen molar-refractivity contribution in [1.82, 2.24) is 19.4 Å². The van der Waals surface area contributed by atoms with Gasteiger partial charge in [0.05, 0.1) is 7.05 Å². The van der Waals surface area contributed by atoms with Crippen molar-refractivity contribution in [2.75, 3.05) is 26.2 Å². The van der Waals surface area contributed by atoms with Crippen molar-refractivity contribution in [2.45, 2.75) is 13.3 Å². The number of amides is 2. The minimum atomic E-state index is -0.570. The van der Waals surface area contributed by atoms with Gasteiger partial charge in [0.15, 0.2) is 0 Å². The smallest absolute Gasteiger partial charge is 0.343 e. The van der Waals surface area contributed by atoms with Crippen molar-refractivity contribution in [3.63, 3.8) is 0 Å². The van der Waals surface area contributed by atoms with Crippen molar-refractivity contribution in [1.29, 1.82) is 0 Å². The highest BCUT2D eigenvalue weighted by Gasteiger charge is 2.36. The molecular weight excluding hydrogens is 326 g/mol. The van der Waals surface area contributed by atoms with Gasteiger partial charge >= 0.3 is 11.7 Å². The molecule has 9 heteroatoms. The van der Waals surface area contributed by atoms with Crippen LogP contribution >= 0.6 is 0 Å². The Labute approximate surface area is 144 Å². The van der Waals surface area contributed by atoms with Gasteiger partial charge in [0.1, 0.15) is 6.20 Å². The highest BCUT2D eigenvalue weighted by molar-refractivity contribution is 5.92. The van der Waals surface area contributed by atoms with E-state index in [0.29, 0.717) is 26.2 Å². The third kappa shape index (κ3) is 3.04. The molecular formula is C16H19N5O4. The zero-order valence-corrected chi connectivity index (χ0v) is 14.1. The molecule has 3 rings (SSSR count). The van der Waals surface area contributed by atoms with Gasteiger partial charge in [-0.1, -0.05) is 13.0 Å². The predicted molar refractivity (Wildman–Crippen MR) is 88.8 cm³/mol. The standard InChI is InChI=1S/C16H19N5O4/c1-3-4-5-14(22)19-7-11-9-20(10-12(11)8-19)16(23)15-17-6-13(18(15)2)21(24)25/h4-6H,3,7-10H2,1-2H3/b5-4+. The molecule has 3 heterocycles. The summed E-state index contributed by atoms with van der Waals surface area (Å²) in [5, 5.41) is 10.9. The van der Waals surface area contributed by atoms with E-state index in [1.807, 2.05) is 13.0 Å². The molecule has 9 nitrogen and oxygen atoms in total. The topological polar surface area (TPSA) is 102 Å². The normalized spacial score (nSPS) is 16.9. The summed E-state index contributed by atoms with van der Waals surface area (Å²) in [5.41, 5.74) is 2.13. The number of allylic oxidation sites excluding steroid dienone is 1.